The zero-order chi connectivity index (χ0) is 24.1. The van der Waals surface area contributed by atoms with E-state index >= 15 is 0 Å². The van der Waals surface area contributed by atoms with E-state index in [1.165, 1.54) is 28.3 Å². The fraction of sp³-hybridized carbons (Fsp3) is 0.346. The number of benzene rings is 1. The highest BCUT2D eigenvalue weighted by atomic mass is 32.1. The molecule has 2 aliphatic rings. The highest BCUT2D eigenvalue weighted by molar-refractivity contribution is 7.18. The smallest absolute Gasteiger partial charge is 0.259 e. The van der Waals surface area contributed by atoms with Gasteiger partial charge >= 0.3 is 0 Å². The molecule has 7 nitrogen and oxygen atoms in total. The molecule has 1 aromatic carbocycles. The van der Waals surface area contributed by atoms with Crippen molar-refractivity contribution in [1.29, 1.82) is 5.26 Å². The number of nitriles is 1. The van der Waals surface area contributed by atoms with E-state index in [2.05, 4.69) is 21.1 Å². The summed E-state index contributed by atoms with van der Waals surface area (Å²) in [6.07, 6.45) is 7.21. The molecule has 0 aliphatic heterocycles. The van der Waals surface area contributed by atoms with Gasteiger partial charge in [-0.05, 0) is 81.2 Å². The number of fused-ring (bicyclic) bond motifs is 4. The SMILES string of the molecule is N#CC(C(=O)c1nn(-c2ccc(F)cc2)c2c1CCCC2)c1nc2sc3c(c2c(=O)[nH]1)CCCC3. The summed E-state index contributed by atoms with van der Waals surface area (Å²) in [5, 5.41) is 15.2. The molecular formula is C26H22FN5O2S. The first-order valence-corrected chi connectivity index (χ1v) is 12.7. The number of aromatic amines is 1. The summed E-state index contributed by atoms with van der Waals surface area (Å²) in [4.78, 5) is 35.8. The number of ketones is 1. The highest BCUT2D eigenvalue weighted by Gasteiger charge is 2.33. The van der Waals surface area contributed by atoms with Gasteiger partial charge in [0.25, 0.3) is 5.56 Å². The Morgan fingerprint density at radius 3 is 2.57 bits per heavy atom. The number of carbonyl (C=O) groups is 1. The number of hydrogen-bond donors (Lipinski definition) is 1. The van der Waals surface area contributed by atoms with Crippen molar-refractivity contribution in [2.24, 2.45) is 0 Å². The maximum Gasteiger partial charge on any atom is 0.259 e. The van der Waals surface area contributed by atoms with Crippen LogP contribution in [0.2, 0.25) is 0 Å². The molecule has 1 atom stereocenters. The third-order valence-electron chi connectivity index (χ3n) is 6.99. The number of hydrogen-bond acceptors (Lipinski definition) is 6. The van der Waals surface area contributed by atoms with Crippen LogP contribution in [0.25, 0.3) is 15.9 Å². The lowest BCUT2D eigenvalue weighted by Gasteiger charge is -2.14. The van der Waals surface area contributed by atoms with Crippen LogP contribution in [0.5, 0.6) is 0 Å². The second-order valence-electron chi connectivity index (χ2n) is 9.14. The van der Waals surface area contributed by atoms with Gasteiger partial charge in [-0.1, -0.05) is 0 Å². The van der Waals surface area contributed by atoms with Crippen molar-refractivity contribution < 1.29 is 9.18 Å². The van der Waals surface area contributed by atoms with Crippen molar-refractivity contribution >= 4 is 27.3 Å². The van der Waals surface area contributed by atoms with Gasteiger partial charge in [-0.3, -0.25) is 9.59 Å². The first-order chi connectivity index (χ1) is 17.0. The summed E-state index contributed by atoms with van der Waals surface area (Å²) in [7, 11) is 0. The van der Waals surface area contributed by atoms with E-state index in [1.54, 1.807) is 16.8 Å². The number of rotatable bonds is 4. The molecule has 3 heterocycles. The first kappa shape index (κ1) is 21.9. The maximum atomic E-state index is 13.7. The summed E-state index contributed by atoms with van der Waals surface area (Å²) >= 11 is 1.49. The number of aromatic nitrogens is 4. The molecule has 0 fully saturated rings. The average molecular weight is 488 g/mol. The van der Waals surface area contributed by atoms with E-state index in [0.717, 1.165) is 61.8 Å². The topological polar surface area (TPSA) is 104 Å². The van der Waals surface area contributed by atoms with Gasteiger partial charge in [-0.15, -0.1) is 11.3 Å². The van der Waals surface area contributed by atoms with Crippen LogP contribution in [0, 0.1) is 17.1 Å². The Bertz CT molecular complexity index is 1570. The van der Waals surface area contributed by atoms with Crippen molar-refractivity contribution in [2.75, 3.05) is 0 Å². The molecule has 3 aromatic heterocycles. The van der Waals surface area contributed by atoms with Gasteiger partial charge < -0.3 is 4.98 Å². The van der Waals surface area contributed by atoms with Gasteiger partial charge in [0.2, 0.25) is 5.78 Å². The summed E-state index contributed by atoms with van der Waals surface area (Å²) in [5.41, 5.74) is 3.38. The van der Waals surface area contributed by atoms with Crippen molar-refractivity contribution in [3.8, 4) is 11.8 Å². The second-order valence-corrected chi connectivity index (χ2v) is 10.2. The number of halogens is 1. The normalized spacial score (nSPS) is 15.9. The first-order valence-electron chi connectivity index (χ1n) is 11.9. The lowest BCUT2D eigenvalue weighted by atomic mass is 9.91. The Balaban J connectivity index is 1.44. The second kappa shape index (κ2) is 8.54. The highest BCUT2D eigenvalue weighted by Crippen LogP contribution is 2.35. The average Bonchev–Trinajstić information content (AvgIpc) is 3.44. The van der Waals surface area contributed by atoms with Crippen LogP contribution in [0.4, 0.5) is 4.39 Å². The van der Waals surface area contributed by atoms with Crippen molar-refractivity contribution in [3.05, 3.63) is 73.7 Å². The Hall–Kier alpha value is -3.64. The van der Waals surface area contributed by atoms with Crippen LogP contribution in [-0.2, 0) is 25.7 Å². The van der Waals surface area contributed by atoms with Crippen LogP contribution in [0.15, 0.2) is 29.1 Å². The molecule has 0 radical (unpaired) electrons. The standard InChI is InChI=1S/C26H22FN5O2S/c27-14-9-11-15(12-10-14)32-19-7-3-1-5-16(19)22(31-32)23(33)18(13-28)24-29-25(34)21-17-6-2-4-8-20(17)35-26(21)30-24/h9-12,18H,1-8H2,(H,29,30,34). The van der Waals surface area contributed by atoms with Crippen LogP contribution in [-0.4, -0.2) is 25.5 Å². The quantitative estimate of drug-likeness (QED) is 0.425. The number of nitrogens with zero attached hydrogens (tertiary/aromatic N) is 4. The number of carbonyl (C=O) groups excluding carboxylic acids is 1. The molecule has 1 unspecified atom stereocenters. The van der Waals surface area contributed by atoms with Crippen LogP contribution < -0.4 is 5.56 Å². The Morgan fingerprint density at radius 2 is 1.80 bits per heavy atom. The van der Waals surface area contributed by atoms with E-state index in [-0.39, 0.29) is 22.9 Å². The minimum Gasteiger partial charge on any atom is -0.308 e. The number of H-pyrrole nitrogens is 1. The lowest BCUT2D eigenvalue weighted by Crippen LogP contribution is -2.21. The third kappa shape index (κ3) is 3.60. The fourth-order valence-corrected chi connectivity index (χ4v) is 6.56. The summed E-state index contributed by atoms with van der Waals surface area (Å²) in [6, 6.07) is 8.02. The molecule has 6 rings (SSSR count). The summed E-state index contributed by atoms with van der Waals surface area (Å²) in [5.74, 6) is -2.03. The molecule has 1 N–H and O–H groups in total. The molecule has 2 aliphatic carbocycles. The van der Waals surface area contributed by atoms with E-state index in [1.807, 2.05) is 0 Å². The van der Waals surface area contributed by atoms with Crippen LogP contribution in [0.1, 0.15) is 69.6 Å². The number of aryl methyl sites for hydroxylation is 2. The van der Waals surface area contributed by atoms with Crippen molar-refractivity contribution in [1.82, 2.24) is 19.7 Å². The summed E-state index contributed by atoms with van der Waals surface area (Å²) < 4.78 is 15.2. The molecule has 0 bridgehead atoms. The van der Waals surface area contributed by atoms with E-state index in [0.29, 0.717) is 22.3 Å². The summed E-state index contributed by atoms with van der Waals surface area (Å²) in [6.45, 7) is 0. The minimum absolute atomic E-state index is 0.0643. The van der Waals surface area contributed by atoms with Gasteiger partial charge in [0.1, 0.15) is 22.2 Å². The lowest BCUT2D eigenvalue weighted by molar-refractivity contribution is 0.0970. The fourth-order valence-electron chi connectivity index (χ4n) is 5.29. The molecule has 0 spiro atoms. The molecule has 0 amide bonds. The molecule has 4 aromatic rings. The maximum absolute atomic E-state index is 13.7. The van der Waals surface area contributed by atoms with Gasteiger partial charge in [-0.2, -0.15) is 10.4 Å². The predicted octanol–water partition coefficient (Wildman–Crippen LogP) is 4.56. The molecule has 176 valence electrons. The van der Waals surface area contributed by atoms with Gasteiger partial charge in [-0.25, -0.2) is 14.1 Å². The van der Waals surface area contributed by atoms with E-state index < -0.39 is 11.7 Å². The third-order valence-corrected chi connectivity index (χ3v) is 8.18. The van der Waals surface area contributed by atoms with Gasteiger partial charge in [0.15, 0.2) is 5.92 Å². The van der Waals surface area contributed by atoms with Crippen LogP contribution in [0.3, 0.4) is 0 Å². The minimum atomic E-state index is -1.27. The molecular weight excluding hydrogens is 465 g/mol. The Labute approximate surface area is 204 Å². The van der Waals surface area contributed by atoms with Crippen molar-refractivity contribution in [3.63, 3.8) is 0 Å². The number of nitrogens with one attached hydrogen (secondary N) is 1. The Morgan fingerprint density at radius 1 is 1.09 bits per heavy atom. The molecule has 0 saturated heterocycles. The van der Waals surface area contributed by atoms with Gasteiger partial charge in [0, 0.05) is 16.1 Å². The number of Topliss-reactive ketones (excluding diaryl/α,β-unsaturated/α-hetero) is 1. The zero-order valence-electron chi connectivity index (χ0n) is 18.9. The number of thiophene rings is 1. The van der Waals surface area contributed by atoms with Crippen molar-refractivity contribution in [2.45, 2.75) is 57.3 Å². The largest absolute Gasteiger partial charge is 0.308 e. The Kier molecular flexibility index (Phi) is 5.33. The molecule has 9 heteroatoms. The molecule has 0 saturated carbocycles. The van der Waals surface area contributed by atoms with Crippen LogP contribution >= 0.6 is 11.3 Å². The molecule has 35 heavy (non-hydrogen) atoms. The zero-order valence-corrected chi connectivity index (χ0v) is 19.8. The predicted molar refractivity (Wildman–Crippen MR) is 130 cm³/mol. The van der Waals surface area contributed by atoms with E-state index in [9.17, 15) is 19.2 Å². The van der Waals surface area contributed by atoms with Gasteiger partial charge in [0.05, 0.1) is 17.1 Å². The monoisotopic (exact) mass is 487 g/mol. The van der Waals surface area contributed by atoms with E-state index in [4.69, 9.17) is 0 Å².